The molecule has 6 heteroatoms. The zero-order valence-electron chi connectivity index (χ0n) is 37.4. The molecule has 0 aromatic carbocycles. The van der Waals surface area contributed by atoms with E-state index in [-0.39, 0.29) is 24.4 Å². The Kier molecular flexibility index (Phi) is 42.6. The highest BCUT2D eigenvalue weighted by Gasteiger charge is 2.17. The van der Waals surface area contributed by atoms with Crippen LogP contribution in [0.3, 0.4) is 0 Å². The number of nitrogens with one attached hydrogen (secondary N) is 1. The minimum atomic E-state index is -0.377. The monoisotopic (exact) mass is 768 g/mol. The van der Waals surface area contributed by atoms with Crippen molar-refractivity contribution in [3.8, 4) is 0 Å². The van der Waals surface area contributed by atoms with Crippen LogP contribution < -0.4 is 5.32 Å². The van der Waals surface area contributed by atoms with Gasteiger partial charge in [-0.25, -0.2) is 4.79 Å². The van der Waals surface area contributed by atoms with Gasteiger partial charge in [-0.2, -0.15) is 0 Å². The quantitative estimate of drug-likeness (QED) is 0.0625. The van der Waals surface area contributed by atoms with Crippen molar-refractivity contribution >= 4 is 6.09 Å². The van der Waals surface area contributed by atoms with E-state index < -0.39 is 0 Å². The van der Waals surface area contributed by atoms with Gasteiger partial charge in [-0.1, -0.05) is 206 Å². The van der Waals surface area contributed by atoms with Crippen LogP contribution in [0.25, 0.3) is 0 Å². The maximum Gasteiger partial charge on any atom is 0.407 e. The molecular formula is C48H97NO5. The molecule has 1 atom stereocenters. The fourth-order valence-corrected chi connectivity index (χ4v) is 7.40. The van der Waals surface area contributed by atoms with Crippen LogP contribution in [0.2, 0.25) is 0 Å². The largest absolute Gasteiger partial charge is 0.447 e. The van der Waals surface area contributed by atoms with Gasteiger partial charge in [0.1, 0.15) is 12.7 Å². The summed E-state index contributed by atoms with van der Waals surface area (Å²) in [6, 6.07) is 0. The van der Waals surface area contributed by atoms with Crippen LogP contribution in [0.15, 0.2) is 0 Å². The van der Waals surface area contributed by atoms with Gasteiger partial charge in [-0.05, 0) is 46.5 Å². The summed E-state index contributed by atoms with van der Waals surface area (Å²) in [7, 11) is 0. The molecule has 0 rings (SSSR count). The zero-order valence-corrected chi connectivity index (χ0v) is 37.4. The van der Waals surface area contributed by atoms with Gasteiger partial charge in [0.25, 0.3) is 0 Å². The predicted molar refractivity (Wildman–Crippen MR) is 234 cm³/mol. The average Bonchev–Trinajstić information content (AvgIpc) is 3.15. The third-order valence-corrected chi connectivity index (χ3v) is 11.0. The van der Waals surface area contributed by atoms with E-state index in [1.54, 1.807) is 0 Å². The first-order valence-corrected chi connectivity index (χ1v) is 24.2. The number of unbranched alkanes of at least 4 members (excludes halogenated alkanes) is 30. The molecule has 0 aromatic heterocycles. The van der Waals surface area contributed by atoms with Crippen molar-refractivity contribution in [2.45, 2.75) is 265 Å². The lowest BCUT2D eigenvalue weighted by atomic mass is 10.0. The van der Waals surface area contributed by atoms with Crippen LogP contribution in [0.5, 0.6) is 0 Å². The molecule has 0 aliphatic heterocycles. The Balaban J connectivity index is 4.05. The zero-order chi connectivity index (χ0) is 39.5. The molecule has 0 saturated carbocycles. The summed E-state index contributed by atoms with van der Waals surface area (Å²) in [5.41, 5.74) is -0.171. The highest BCUT2D eigenvalue weighted by atomic mass is 16.6. The molecule has 0 heterocycles. The summed E-state index contributed by atoms with van der Waals surface area (Å²) < 4.78 is 23.6. The van der Waals surface area contributed by atoms with Crippen molar-refractivity contribution in [1.82, 2.24) is 5.32 Å². The van der Waals surface area contributed by atoms with E-state index in [9.17, 15) is 4.79 Å². The molecule has 324 valence electrons. The van der Waals surface area contributed by atoms with Crippen molar-refractivity contribution in [3.63, 3.8) is 0 Å². The van der Waals surface area contributed by atoms with E-state index >= 15 is 0 Å². The Morgan fingerprint density at radius 1 is 0.481 bits per heavy atom. The maximum absolute atomic E-state index is 12.4. The minimum Gasteiger partial charge on any atom is -0.447 e. The first-order chi connectivity index (χ1) is 26.4. The lowest BCUT2D eigenvalue weighted by Crippen LogP contribution is -2.33. The molecule has 1 N–H and O–H groups in total. The number of rotatable bonds is 45. The van der Waals surface area contributed by atoms with Crippen molar-refractivity contribution in [2.24, 2.45) is 0 Å². The Bertz CT molecular complexity index is 732. The van der Waals surface area contributed by atoms with E-state index in [0.29, 0.717) is 26.4 Å². The lowest BCUT2D eigenvalue weighted by Gasteiger charge is -2.24. The second-order valence-corrected chi connectivity index (χ2v) is 17.0. The molecule has 0 unspecified atom stereocenters. The van der Waals surface area contributed by atoms with E-state index in [2.05, 4.69) is 33.0 Å². The van der Waals surface area contributed by atoms with E-state index in [1.165, 1.54) is 193 Å². The van der Waals surface area contributed by atoms with Gasteiger partial charge in [-0.3, -0.25) is 0 Å². The number of hydrogen-bond donors (Lipinski definition) is 1. The number of ether oxygens (including phenoxy) is 4. The van der Waals surface area contributed by atoms with Gasteiger partial charge in [0.15, 0.2) is 0 Å². The third kappa shape index (κ3) is 42.3. The van der Waals surface area contributed by atoms with E-state index in [4.69, 9.17) is 18.9 Å². The first kappa shape index (κ1) is 53.1. The number of alkyl carbamates (subject to hydrolysis) is 1. The van der Waals surface area contributed by atoms with Crippen LogP contribution in [0, 0.1) is 0 Å². The Morgan fingerprint density at radius 2 is 0.852 bits per heavy atom. The number of amides is 1. The maximum atomic E-state index is 12.4. The summed E-state index contributed by atoms with van der Waals surface area (Å²) in [5, 5.41) is 2.89. The molecule has 0 bridgehead atoms. The van der Waals surface area contributed by atoms with Gasteiger partial charge >= 0.3 is 6.09 Å². The normalized spacial score (nSPS) is 12.4. The average molecular weight is 768 g/mol. The molecule has 0 aliphatic rings. The first-order valence-electron chi connectivity index (χ1n) is 24.2. The van der Waals surface area contributed by atoms with Crippen LogP contribution in [-0.4, -0.2) is 57.4 Å². The summed E-state index contributed by atoms with van der Waals surface area (Å²) in [6.07, 6.45) is 44.8. The molecule has 0 saturated heterocycles. The molecule has 0 fully saturated rings. The van der Waals surface area contributed by atoms with Gasteiger partial charge in [0.05, 0.1) is 12.2 Å². The number of carbonyl (C=O) groups is 1. The molecule has 1 amide bonds. The summed E-state index contributed by atoms with van der Waals surface area (Å²) in [6.45, 7) is 14.2. The third-order valence-electron chi connectivity index (χ3n) is 11.0. The molecular weight excluding hydrogens is 671 g/mol. The summed E-state index contributed by atoms with van der Waals surface area (Å²) in [5.74, 6) is 0. The van der Waals surface area contributed by atoms with Crippen molar-refractivity contribution in [3.05, 3.63) is 0 Å². The van der Waals surface area contributed by atoms with Gasteiger partial charge in [-0.15, -0.1) is 0 Å². The molecule has 0 aliphatic carbocycles. The van der Waals surface area contributed by atoms with Crippen LogP contribution in [-0.2, 0) is 18.9 Å². The van der Waals surface area contributed by atoms with Gasteiger partial charge < -0.3 is 24.3 Å². The highest BCUT2D eigenvalue weighted by Crippen LogP contribution is 2.17. The summed E-state index contributed by atoms with van der Waals surface area (Å²) in [4.78, 5) is 12.4. The van der Waals surface area contributed by atoms with Crippen molar-refractivity contribution < 1.29 is 23.7 Å². The van der Waals surface area contributed by atoms with Crippen molar-refractivity contribution in [2.75, 3.05) is 39.6 Å². The van der Waals surface area contributed by atoms with Crippen LogP contribution in [0.4, 0.5) is 4.79 Å². The van der Waals surface area contributed by atoms with Gasteiger partial charge in [0, 0.05) is 26.4 Å². The highest BCUT2D eigenvalue weighted by molar-refractivity contribution is 5.67. The number of hydrogen-bond acceptors (Lipinski definition) is 5. The Hall–Kier alpha value is -0.850. The molecule has 0 radical (unpaired) electrons. The molecule has 54 heavy (non-hydrogen) atoms. The molecule has 0 spiro atoms. The van der Waals surface area contributed by atoms with Crippen LogP contribution >= 0.6 is 0 Å². The number of carbonyl (C=O) groups excluding carboxylic acids is 1. The SMILES string of the molecule is CCCCCCCCCCCCCCCCCCOC[C@H](COC(=O)NCCCC(C)(C)OCC)OCCCCCCCCCCCCCCCCCC. The predicted octanol–water partition coefficient (Wildman–Crippen LogP) is 15.2. The minimum absolute atomic E-state index is 0.171. The van der Waals surface area contributed by atoms with Crippen molar-refractivity contribution in [1.29, 1.82) is 0 Å². The Labute approximate surface area is 338 Å². The lowest BCUT2D eigenvalue weighted by molar-refractivity contribution is -0.0469. The second kappa shape index (κ2) is 43.3. The topological polar surface area (TPSA) is 66.0 Å². The van der Waals surface area contributed by atoms with E-state index in [0.717, 1.165) is 32.3 Å². The molecule has 6 nitrogen and oxygen atoms in total. The van der Waals surface area contributed by atoms with Crippen LogP contribution in [0.1, 0.15) is 253 Å². The smallest absolute Gasteiger partial charge is 0.407 e. The van der Waals surface area contributed by atoms with E-state index in [1.807, 2.05) is 6.92 Å². The fraction of sp³-hybridized carbons (Fsp3) is 0.979. The second-order valence-electron chi connectivity index (χ2n) is 17.0. The van der Waals surface area contributed by atoms with Gasteiger partial charge in [0.2, 0.25) is 0 Å². The standard InChI is InChI=1S/C48H97NO5/c1-6-9-11-13-15-17-19-21-23-25-27-29-31-33-35-37-42-51-44-46(45-53-47(50)49-41-39-40-48(4,5)54-8-3)52-43-38-36-34-32-30-28-26-24-22-20-18-16-14-12-10-7-2/h46H,6-45H2,1-5H3,(H,49,50)/t46-/m1/s1. The Morgan fingerprint density at radius 3 is 1.24 bits per heavy atom. The molecule has 0 aromatic rings. The fourth-order valence-electron chi connectivity index (χ4n) is 7.40. The summed E-state index contributed by atoms with van der Waals surface area (Å²) >= 11 is 0.